The highest BCUT2D eigenvalue weighted by atomic mass is 16.6. The highest BCUT2D eigenvalue weighted by molar-refractivity contribution is 5.86. The van der Waals surface area contributed by atoms with Gasteiger partial charge in [0.05, 0.1) is 19.2 Å². The van der Waals surface area contributed by atoms with E-state index in [1.807, 2.05) is 24.3 Å². The highest BCUT2D eigenvalue weighted by Gasteiger charge is 2.53. The maximum atomic E-state index is 13.0. The van der Waals surface area contributed by atoms with E-state index in [1.54, 1.807) is 20.8 Å². The van der Waals surface area contributed by atoms with Crippen molar-refractivity contribution >= 4 is 28.9 Å². The summed E-state index contributed by atoms with van der Waals surface area (Å²) >= 11 is 0. The lowest BCUT2D eigenvalue weighted by Crippen LogP contribution is -2.46. The summed E-state index contributed by atoms with van der Waals surface area (Å²) in [5.74, 6) is -0.397. The Morgan fingerprint density at radius 3 is 2.65 bits per heavy atom. The molecule has 34 heavy (non-hydrogen) atoms. The lowest BCUT2D eigenvalue weighted by Gasteiger charge is -2.36. The Kier molecular flexibility index (Phi) is 6.14. The number of fused-ring (bicyclic) bond motifs is 3. The van der Waals surface area contributed by atoms with Gasteiger partial charge in [-0.15, -0.1) is 0 Å². The second-order valence-electron chi connectivity index (χ2n) is 9.80. The van der Waals surface area contributed by atoms with Crippen molar-refractivity contribution in [1.82, 2.24) is 9.88 Å². The number of hydrogen-bond donors (Lipinski definition) is 0. The van der Waals surface area contributed by atoms with Crippen molar-refractivity contribution in [2.75, 3.05) is 13.7 Å². The molecule has 3 heterocycles. The van der Waals surface area contributed by atoms with E-state index in [2.05, 4.69) is 4.98 Å². The first-order valence-electron chi connectivity index (χ1n) is 11.3. The molecule has 1 spiro atoms. The van der Waals surface area contributed by atoms with Crippen LogP contribution in [0.3, 0.4) is 0 Å². The number of pyridine rings is 1. The van der Waals surface area contributed by atoms with Gasteiger partial charge in [0.15, 0.2) is 0 Å². The summed E-state index contributed by atoms with van der Waals surface area (Å²) in [6.45, 7) is 6.79. The van der Waals surface area contributed by atoms with Crippen molar-refractivity contribution in [1.29, 1.82) is 0 Å². The van der Waals surface area contributed by atoms with Gasteiger partial charge in [0.1, 0.15) is 35.3 Å². The van der Waals surface area contributed by atoms with E-state index in [9.17, 15) is 14.4 Å². The average molecular weight is 471 g/mol. The number of methoxy groups -OCH3 is 1. The fourth-order valence-electron chi connectivity index (χ4n) is 4.64. The van der Waals surface area contributed by atoms with Gasteiger partial charge in [-0.1, -0.05) is 18.2 Å². The van der Waals surface area contributed by atoms with Crippen LogP contribution in [0, 0.1) is 0 Å². The number of amides is 1. The van der Waals surface area contributed by atoms with Crippen molar-refractivity contribution < 1.29 is 33.3 Å². The molecular formula is C25H30N2O7. The average Bonchev–Trinajstić information content (AvgIpc) is 3.14. The molecular weight excluding hydrogens is 440 g/mol. The minimum atomic E-state index is -0.827. The van der Waals surface area contributed by atoms with Gasteiger partial charge < -0.3 is 18.9 Å². The van der Waals surface area contributed by atoms with Crippen LogP contribution in [0.15, 0.2) is 24.3 Å². The summed E-state index contributed by atoms with van der Waals surface area (Å²) in [7, 11) is 1.30. The van der Waals surface area contributed by atoms with Gasteiger partial charge in [-0.3, -0.25) is 9.69 Å². The first-order valence-corrected chi connectivity index (χ1v) is 11.3. The van der Waals surface area contributed by atoms with E-state index < -0.39 is 35.3 Å². The number of aryl methyl sites for hydroxylation is 1. The van der Waals surface area contributed by atoms with E-state index in [0.717, 1.165) is 16.5 Å². The Labute approximate surface area is 198 Å². The molecule has 9 heteroatoms. The lowest BCUT2D eigenvalue weighted by molar-refractivity contribution is -0.146. The third-order valence-corrected chi connectivity index (χ3v) is 6.08. The fraction of sp³-hybridized carbons (Fsp3) is 0.520. The molecule has 1 saturated heterocycles. The van der Waals surface area contributed by atoms with E-state index in [0.29, 0.717) is 24.3 Å². The quantitative estimate of drug-likeness (QED) is 0.496. The molecule has 1 unspecified atom stereocenters. The number of ether oxygens (including phenoxy) is 4. The molecule has 2 atom stereocenters. The molecule has 0 radical (unpaired) electrons. The third kappa shape index (κ3) is 4.64. The molecule has 1 aromatic heterocycles. The molecule has 4 rings (SSSR count). The Balaban J connectivity index is 1.71. The molecule has 2 aliphatic heterocycles. The summed E-state index contributed by atoms with van der Waals surface area (Å²) < 4.78 is 22.4. The Hall–Kier alpha value is -3.36. The number of para-hydroxylation sites is 1. The smallest absolute Gasteiger partial charge is 0.411 e. The van der Waals surface area contributed by atoms with E-state index in [-0.39, 0.29) is 19.6 Å². The normalized spacial score (nSPS) is 21.7. The standard InChI is InChI=1S/C25H30N2O7/c1-15(28)32-13-19-21-17(16-8-6-7-9-18(16)26-19)10-11-25(33-21)12-20(22(29)31-5)27(14-25)23(30)34-24(2,3)4/h6-9,20H,10-14H2,1-5H3/t20-,25?/m0/s1. The number of aromatic nitrogens is 1. The second kappa shape index (κ2) is 8.77. The van der Waals surface area contributed by atoms with Crippen LogP contribution in [-0.4, -0.2) is 58.8 Å². The summed E-state index contributed by atoms with van der Waals surface area (Å²) in [6.07, 6.45) is 0.916. The molecule has 1 fully saturated rings. The molecule has 0 saturated carbocycles. The van der Waals surface area contributed by atoms with E-state index in [1.165, 1.54) is 18.9 Å². The van der Waals surface area contributed by atoms with Crippen molar-refractivity contribution in [3.8, 4) is 5.75 Å². The zero-order valence-electron chi connectivity index (χ0n) is 20.2. The van der Waals surface area contributed by atoms with E-state index >= 15 is 0 Å². The van der Waals surface area contributed by atoms with Crippen LogP contribution in [0.1, 0.15) is 51.8 Å². The van der Waals surface area contributed by atoms with E-state index in [4.69, 9.17) is 18.9 Å². The number of benzene rings is 1. The lowest BCUT2D eigenvalue weighted by atomic mass is 9.87. The maximum Gasteiger partial charge on any atom is 0.411 e. The first-order chi connectivity index (χ1) is 16.0. The number of nitrogens with zero attached hydrogens (tertiary/aromatic N) is 2. The largest absolute Gasteiger partial charge is 0.483 e. The van der Waals surface area contributed by atoms with Gasteiger partial charge in [-0.2, -0.15) is 0 Å². The number of rotatable bonds is 3. The molecule has 0 N–H and O–H groups in total. The zero-order chi connectivity index (χ0) is 24.7. The number of likely N-dealkylation sites (tertiary alicyclic amines) is 1. The molecule has 2 aromatic rings. The van der Waals surface area contributed by atoms with Crippen LogP contribution in [-0.2, 0) is 36.8 Å². The minimum Gasteiger partial charge on any atom is -0.483 e. The van der Waals surface area contributed by atoms with Crippen molar-refractivity contribution in [2.45, 2.75) is 70.8 Å². The van der Waals surface area contributed by atoms with Gasteiger partial charge in [0, 0.05) is 24.3 Å². The van der Waals surface area contributed by atoms with Crippen LogP contribution in [0.4, 0.5) is 4.79 Å². The van der Waals surface area contributed by atoms with Crippen molar-refractivity contribution in [3.63, 3.8) is 0 Å². The predicted molar refractivity (Wildman–Crippen MR) is 122 cm³/mol. The van der Waals surface area contributed by atoms with Gasteiger partial charge in [0.2, 0.25) is 0 Å². The van der Waals surface area contributed by atoms with Crippen LogP contribution in [0.25, 0.3) is 10.9 Å². The SMILES string of the molecule is COC(=O)[C@@H]1CC2(CCc3c(c(COC(C)=O)nc4ccccc34)O2)CN1C(=O)OC(C)(C)C. The van der Waals surface area contributed by atoms with Crippen LogP contribution in [0.5, 0.6) is 5.75 Å². The predicted octanol–water partition coefficient (Wildman–Crippen LogP) is 3.54. The topological polar surface area (TPSA) is 104 Å². The number of esters is 2. The monoisotopic (exact) mass is 470 g/mol. The molecule has 2 aliphatic rings. The summed E-state index contributed by atoms with van der Waals surface area (Å²) in [6, 6.07) is 6.90. The highest BCUT2D eigenvalue weighted by Crippen LogP contribution is 2.45. The van der Waals surface area contributed by atoms with Gasteiger partial charge in [-0.05, 0) is 39.7 Å². The van der Waals surface area contributed by atoms with Gasteiger partial charge >= 0.3 is 18.0 Å². The van der Waals surface area contributed by atoms with Gasteiger partial charge in [0.25, 0.3) is 0 Å². The molecule has 0 bridgehead atoms. The summed E-state index contributed by atoms with van der Waals surface area (Å²) in [5.41, 5.74) is 0.736. The van der Waals surface area contributed by atoms with Crippen LogP contribution < -0.4 is 4.74 Å². The fourth-order valence-corrected chi connectivity index (χ4v) is 4.64. The van der Waals surface area contributed by atoms with Crippen LogP contribution in [0.2, 0.25) is 0 Å². The third-order valence-electron chi connectivity index (χ3n) is 6.08. The first kappa shape index (κ1) is 23.8. The minimum absolute atomic E-state index is 0.0329. The Morgan fingerprint density at radius 1 is 1.24 bits per heavy atom. The van der Waals surface area contributed by atoms with Crippen LogP contribution >= 0.6 is 0 Å². The Morgan fingerprint density at radius 2 is 1.97 bits per heavy atom. The van der Waals surface area contributed by atoms with Gasteiger partial charge in [-0.25, -0.2) is 14.6 Å². The number of carbonyl (C=O) groups is 3. The maximum absolute atomic E-state index is 13.0. The molecule has 1 aromatic carbocycles. The molecule has 0 aliphatic carbocycles. The molecule has 9 nitrogen and oxygen atoms in total. The second-order valence-corrected chi connectivity index (χ2v) is 9.80. The number of carbonyl (C=O) groups excluding carboxylic acids is 3. The Bertz CT molecular complexity index is 1140. The van der Waals surface area contributed by atoms with Crippen molar-refractivity contribution in [3.05, 3.63) is 35.5 Å². The summed E-state index contributed by atoms with van der Waals surface area (Å²) in [5, 5.41) is 0.963. The zero-order valence-corrected chi connectivity index (χ0v) is 20.2. The molecule has 182 valence electrons. The molecule has 1 amide bonds. The number of hydrogen-bond acceptors (Lipinski definition) is 8. The van der Waals surface area contributed by atoms with Crippen molar-refractivity contribution in [2.24, 2.45) is 0 Å². The summed E-state index contributed by atoms with van der Waals surface area (Å²) in [4.78, 5) is 43.1.